The summed E-state index contributed by atoms with van der Waals surface area (Å²) < 4.78 is 45.0. The first-order valence-electron chi connectivity index (χ1n) is 11.5. The van der Waals surface area contributed by atoms with Crippen molar-refractivity contribution in [3.8, 4) is 16.9 Å². The second-order valence-corrected chi connectivity index (χ2v) is 10.1. The number of pyridine rings is 2. The maximum atomic E-state index is 14.0. The summed E-state index contributed by atoms with van der Waals surface area (Å²) in [6.45, 7) is 2.10. The predicted molar refractivity (Wildman–Crippen MR) is 139 cm³/mol. The highest BCUT2D eigenvalue weighted by atomic mass is 35.5. The largest absolute Gasteiger partial charge is 0.494 e. The highest BCUT2D eigenvalue weighted by molar-refractivity contribution is 7.16. The van der Waals surface area contributed by atoms with Gasteiger partial charge in [-0.3, -0.25) is 19.9 Å². The number of anilines is 1. The van der Waals surface area contributed by atoms with Gasteiger partial charge in [0.1, 0.15) is 16.7 Å². The highest BCUT2D eigenvalue weighted by Gasteiger charge is 2.29. The number of ether oxygens (including phenoxy) is 1. The number of alkyl halides is 2. The molecule has 0 spiro atoms. The predicted octanol–water partition coefficient (Wildman–Crippen LogP) is 6.06. The number of methoxy groups -OCH3 is 1. The van der Waals surface area contributed by atoms with Crippen LogP contribution in [0.4, 0.5) is 18.3 Å². The average Bonchev–Trinajstić information content (AvgIpc) is 3.46. The lowest BCUT2D eigenvalue weighted by Crippen LogP contribution is -2.25. The molecule has 2 amide bonds. The maximum absolute atomic E-state index is 14.0. The molecule has 39 heavy (non-hydrogen) atoms. The van der Waals surface area contributed by atoms with E-state index >= 15 is 0 Å². The second-order valence-electron chi connectivity index (χ2n) is 8.62. The highest BCUT2D eigenvalue weighted by Crippen LogP contribution is 2.36. The van der Waals surface area contributed by atoms with Crippen molar-refractivity contribution in [3.63, 3.8) is 0 Å². The molecule has 3 aromatic heterocycles. The molecular weight excluding hydrogens is 555 g/mol. The number of fused-ring (bicyclic) bond motifs is 1. The number of halogens is 4. The van der Waals surface area contributed by atoms with E-state index in [4.69, 9.17) is 16.3 Å². The van der Waals surface area contributed by atoms with Crippen molar-refractivity contribution < 1.29 is 27.5 Å². The average molecular weight is 574 g/mol. The lowest BCUT2D eigenvalue weighted by molar-refractivity contribution is 0.0749. The van der Waals surface area contributed by atoms with Gasteiger partial charge in [-0.2, -0.15) is 0 Å². The standard InChI is InChI=1S/C26H19ClF3N5O3S/c1-12-5-15(16-7-22(27)32-9-20(16)38-2)17(8-31-12)24(36)34-26-33-19-10-35(11-21(19)39-26)25(37)13-3-4-14(23(29)30)18(28)6-13/h3-9,23H,10-11H2,1-2H3,(H,33,34,36). The topological polar surface area (TPSA) is 97.3 Å². The Balaban J connectivity index is 1.33. The molecule has 0 aliphatic carbocycles. The van der Waals surface area contributed by atoms with E-state index in [-0.39, 0.29) is 29.4 Å². The fourth-order valence-electron chi connectivity index (χ4n) is 4.18. The van der Waals surface area contributed by atoms with Crippen LogP contribution in [0.15, 0.2) is 42.7 Å². The minimum absolute atomic E-state index is 0.0355. The summed E-state index contributed by atoms with van der Waals surface area (Å²) in [6, 6.07) is 6.24. The van der Waals surface area contributed by atoms with Gasteiger partial charge in [0, 0.05) is 28.6 Å². The first-order chi connectivity index (χ1) is 18.6. The van der Waals surface area contributed by atoms with Gasteiger partial charge < -0.3 is 9.64 Å². The summed E-state index contributed by atoms with van der Waals surface area (Å²) in [6.07, 6.45) is -0.0507. The van der Waals surface area contributed by atoms with Crippen LogP contribution in [0.2, 0.25) is 5.15 Å². The maximum Gasteiger partial charge on any atom is 0.266 e. The van der Waals surface area contributed by atoms with Gasteiger partial charge in [0.05, 0.1) is 48.1 Å². The molecule has 1 aliphatic rings. The zero-order valence-corrected chi connectivity index (χ0v) is 22.0. The van der Waals surface area contributed by atoms with E-state index < -0.39 is 29.6 Å². The van der Waals surface area contributed by atoms with Crippen LogP contribution in [0, 0.1) is 12.7 Å². The normalized spacial score (nSPS) is 12.5. The molecule has 1 aromatic carbocycles. The van der Waals surface area contributed by atoms with Gasteiger partial charge in [0.15, 0.2) is 5.13 Å². The van der Waals surface area contributed by atoms with E-state index in [1.54, 1.807) is 19.1 Å². The van der Waals surface area contributed by atoms with Gasteiger partial charge in [-0.05, 0) is 37.3 Å². The van der Waals surface area contributed by atoms with Crippen LogP contribution >= 0.6 is 22.9 Å². The minimum Gasteiger partial charge on any atom is -0.494 e. The molecule has 0 bridgehead atoms. The van der Waals surface area contributed by atoms with E-state index in [2.05, 4.69) is 20.3 Å². The van der Waals surface area contributed by atoms with Crippen molar-refractivity contribution in [1.29, 1.82) is 0 Å². The van der Waals surface area contributed by atoms with Crippen molar-refractivity contribution in [2.45, 2.75) is 26.4 Å². The molecule has 13 heteroatoms. The molecule has 0 unspecified atom stereocenters. The zero-order chi connectivity index (χ0) is 27.8. The Morgan fingerprint density at radius 1 is 1.13 bits per heavy atom. The molecule has 4 heterocycles. The second kappa shape index (κ2) is 10.6. The molecule has 0 radical (unpaired) electrons. The van der Waals surface area contributed by atoms with Gasteiger partial charge in [-0.25, -0.2) is 23.1 Å². The molecule has 1 aliphatic heterocycles. The number of hydrogen-bond donors (Lipinski definition) is 1. The van der Waals surface area contributed by atoms with Crippen LogP contribution < -0.4 is 10.1 Å². The Kier molecular flexibility index (Phi) is 7.23. The van der Waals surface area contributed by atoms with Gasteiger partial charge in [0.25, 0.3) is 18.2 Å². The van der Waals surface area contributed by atoms with Gasteiger partial charge in [-0.15, -0.1) is 0 Å². The number of amides is 2. The van der Waals surface area contributed by atoms with Crippen molar-refractivity contribution in [2.75, 3.05) is 12.4 Å². The smallest absolute Gasteiger partial charge is 0.266 e. The first kappa shape index (κ1) is 26.6. The third kappa shape index (κ3) is 5.30. The minimum atomic E-state index is -2.97. The SMILES string of the molecule is COc1cnc(Cl)cc1-c1cc(C)ncc1C(=O)Nc1nc2c(s1)CN(C(=O)c1ccc(C(F)F)c(F)c1)C2. The molecule has 0 fully saturated rings. The summed E-state index contributed by atoms with van der Waals surface area (Å²) >= 11 is 7.30. The van der Waals surface area contributed by atoms with Crippen LogP contribution in [0.3, 0.4) is 0 Å². The van der Waals surface area contributed by atoms with Crippen LogP contribution in [0.5, 0.6) is 5.75 Å². The fraction of sp³-hybridized carbons (Fsp3) is 0.192. The van der Waals surface area contributed by atoms with E-state index in [9.17, 15) is 22.8 Å². The fourth-order valence-corrected chi connectivity index (χ4v) is 5.32. The molecule has 0 saturated heterocycles. The van der Waals surface area contributed by atoms with Gasteiger partial charge in [-0.1, -0.05) is 22.9 Å². The Bertz CT molecular complexity index is 1590. The Labute approximate surface area is 229 Å². The third-order valence-corrected chi connectivity index (χ3v) is 7.28. The summed E-state index contributed by atoms with van der Waals surface area (Å²) in [5, 5.41) is 3.34. The van der Waals surface area contributed by atoms with Crippen LogP contribution in [-0.2, 0) is 13.1 Å². The number of rotatable bonds is 6. The summed E-state index contributed by atoms with van der Waals surface area (Å²) in [5.74, 6) is -1.67. The van der Waals surface area contributed by atoms with Crippen LogP contribution in [-0.4, -0.2) is 38.8 Å². The molecule has 0 atom stereocenters. The van der Waals surface area contributed by atoms with Crippen LogP contribution in [0.25, 0.3) is 11.1 Å². The number of nitrogens with one attached hydrogen (secondary N) is 1. The molecule has 4 aromatic rings. The number of carbonyl (C=O) groups is 2. The molecule has 0 saturated carbocycles. The summed E-state index contributed by atoms with van der Waals surface area (Å²) in [5.41, 5.74) is 1.85. The quantitative estimate of drug-likeness (QED) is 0.282. The first-order valence-corrected chi connectivity index (χ1v) is 12.7. The number of nitrogens with zero attached hydrogens (tertiary/aromatic N) is 4. The molecule has 1 N–H and O–H groups in total. The van der Waals surface area contributed by atoms with Crippen molar-refractivity contribution in [1.82, 2.24) is 19.9 Å². The van der Waals surface area contributed by atoms with E-state index in [0.29, 0.717) is 33.4 Å². The number of benzene rings is 1. The molecule has 8 nitrogen and oxygen atoms in total. The van der Waals surface area contributed by atoms with Crippen molar-refractivity contribution >= 4 is 39.9 Å². The molecule has 5 rings (SSSR count). The monoisotopic (exact) mass is 573 g/mol. The van der Waals surface area contributed by atoms with Gasteiger partial charge >= 0.3 is 0 Å². The Hall–Kier alpha value is -4.03. The van der Waals surface area contributed by atoms with Crippen molar-refractivity contribution in [3.05, 3.63) is 86.7 Å². The van der Waals surface area contributed by atoms with Crippen LogP contribution in [0.1, 0.15) is 49.0 Å². The third-order valence-electron chi connectivity index (χ3n) is 6.07. The lowest BCUT2D eigenvalue weighted by Gasteiger charge is -2.16. The number of aromatic nitrogens is 3. The summed E-state index contributed by atoms with van der Waals surface area (Å²) in [4.78, 5) is 41.0. The van der Waals surface area contributed by atoms with Crippen molar-refractivity contribution in [2.24, 2.45) is 0 Å². The Morgan fingerprint density at radius 3 is 2.62 bits per heavy atom. The zero-order valence-electron chi connectivity index (χ0n) is 20.5. The molecular formula is C26H19ClF3N5O3S. The Morgan fingerprint density at radius 2 is 1.92 bits per heavy atom. The molecule has 200 valence electrons. The van der Waals surface area contributed by atoms with Gasteiger partial charge in [0.2, 0.25) is 0 Å². The van der Waals surface area contributed by atoms with E-state index in [1.807, 2.05) is 0 Å². The number of thiazole rings is 1. The number of carbonyl (C=O) groups excluding carboxylic acids is 2. The number of aryl methyl sites for hydroxylation is 1. The lowest BCUT2D eigenvalue weighted by atomic mass is 10.0. The number of hydrogen-bond acceptors (Lipinski definition) is 7. The van der Waals surface area contributed by atoms with E-state index in [1.165, 1.54) is 41.8 Å². The summed E-state index contributed by atoms with van der Waals surface area (Å²) in [7, 11) is 1.49. The van der Waals surface area contributed by atoms with E-state index in [0.717, 1.165) is 17.0 Å².